The van der Waals surface area contributed by atoms with Gasteiger partial charge in [-0.1, -0.05) is 32.6 Å². The Morgan fingerprint density at radius 1 is 0.862 bits per heavy atom. The predicted molar refractivity (Wildman–Crippen MR) is 91.7 cm³/mol. The molecule has 0 aliphatic heterocycles. The van der Waals surface area contributed by atoms with Crippen LogP contribution in [0.25, 0.3) is 0 Å². The second-order valence-electron chi connectivity index (χ2n) is 6.37. The van der Waals surface area contributed by atoms with Gasteiger partial charge in [0.15, 0.2) is 6.61 Å². The van der Waals surface area contributed by atoms with E-state index in [1.807, 2.05) is 0 Å². The van der Waals surface area contributed by atoms with Gasteiger partial charge in [0, 0.05) is 0 Å². The first-order chi connectivity index (χ1) is 13.5. The molecule has 0 heterocycles. The van der Waals surface area contributed by atoms with E-state index >= 15 is 0 Å². The Kier molecular flexibility index (Phi) is 9.45. The summed E-state index contributed by atoms with van der Waals surface area (Å²) >= 11 is 0. The lowest BCUT2D eigenvalue weighted by atomic mass is 10.1. The van der Waals surface area contributed by atoms with Crippen LogP contribution in [0.4, 0.5) is 26.3 Å². The number of esters is 2. The first-order valence-electron chi connectivity index (χ1n) is 9.02. The molecule has 10 heteroatoms. The van der Waals surface area contributed by atoms with E-state index < -0.39 is 36.8 Å². The van der Waals surface area contributed by atoms with E-state index in [1.165, 1.54) is 12.1 Å². The van der Waals surface area contributed by atoms with E-state index in [1.54, 1.807) is 0 Å². The third-order valence-electron chi connectivity index (χ3n) is 3.89. The van der Waals surface area contributed by atoms with Crippen LogP contribution in [-0.4, -0.2) is 43.4 Å². The number of halogens is 6. The Labute approximate surface area is 164 Å². The number of unbranched alkanes of at least 4 members (excludes halogenated alkanes) is 4. The molecule has 0 bridgehead atoms. The summed E-state index contributed by atoms with van der Waals surface area (Å²) in [5.74, 6) is -6.94. The maximum atomic E-state index is 13.1. The topological polar surface area (TPSA) is 52.6 Å². The van der Waals surface area contributed by atoms with Gasteiger partial charge in [0.1, 0.15) is 0 Å². The van der Waals surface area contributed by atoms with Crippen LogP contribution in [0.15, 0.2) is 24.3 Å². The van der Waals surface area contributed by atoms with Crippen LogP contribution >= 0.6 is 0 Å². The van der Waals surface area contributed by atoms with Gasteiger partial charge in [-0.05, 0) is 30.7 Å². The smallest absolute Gasteiger partial charge is 0.425 e. The van der Waals surface area contributed by atoms with Crippen LogP contribution in [0.2, 0.25) is 0 Å². The molecule has 0 aromatic heterocycles. The first-order valence-corrected chi connectivity index (χ1v) is 9.02. The zero-order valence-electron chi connectivity index (χ0n) is 15.7. The van der Waals surface area contributed by atoms with E-state index in [9.17, 15) is 35.9 Å². The summed E-state index contributed by atoms with van der Waals surface area (Å²) in [7, 11) is 0. The minimum Gasteiger partial charge on any atom is -0.462 e. The second-order valence-corrected chi connectivity index (χ2v) is 6.37. The van der Waals surface area contributed by atoms with Crippen LogP contribution in [0.5, 0.6) is 0 Å². The molecule has 0 spiro atoms. The van der Waals surface area contributed by atoms with Crippen molar-refractivity contribution in [3.8, 4) is 0 Å². The third-order valence-corrected chi connectivity index (χ3v) is 3.89. The van der Waals surface area contributed by atoms with Crippen molar-refractivity contribution in [2.75, 3.05) is 13.2 Å². The van der Waals surface area contributed by atoms with Crippen LogP contribution in [0, 0.1) is 0 Å². The Balaban J connectivity index is 2.52. The fraction of sp³-hybridized carbons (Fsp3) is 0.579. The summed E-state index contributed by atoms with van der Waals surface area (Å²) in [5.41, 5.74) is -0.194. The molecule has 0 aliphatic carbocycles. The molecule has 164 valence electrons. The summed E-state index contributed by atoms with van der Waals surface area (Å²) in [5, 5.41) is 0. The average Bonchev–Trinajstić information content (AvgIpc) is 2.67. The fourth-order valence-electron chi connectivity index (χ4n) is 2.25. The standard InChI is InChI=1S/C19H22F6O4/c1-2-3-4-5-6-11-28-15(26)13-7-9-14(10-8-13)16(27)29-12-18(21,22)17(20)19(23,24)25/h7-10,17H,2-6,11-12H2,1H3. The molecule has 0 amide bonds. The molecular formula is C19H22F6O4. The van der Waals surface area contributed by atoms with Gasteiger partial charge in [-0.2, -0.15) is 22.0 Å². The quantitative estimate of drug-likeness (QED) is 0.265. The number of carbonyl (C=O) groups is 2. The van der Waals surface area contributed by atoms with Gasteiger partial charge in [-0.3, -0.25) is 0 Å². The molecule has 0 fully saturated rings. The third kappa shape index (κ3) is 8.33. The average molecular weight is 428 g/mol. The van der Waals surface area contributed by atoms with Crippen LogP contribution < -0.4 is 0 Å². The van der Waals surface area contributed by atoms with Crippen molar-refractivity contribution < 1.29 is 45.4 Å². The zero-order valence-corrected chi connectivity index (χ0v) is 15.7. The zero-order chi connectivity index (χ0) is 22.1. The second kappa shape index (κ2) is 11.1. The lowest BCUT2D eigenvalue weighted by Crippen LogP contribution is -2.45. The largest absolute Gasteiger partial charge is 0.462 e. The monoisotopic (exact) mass is 428 g/mol. The molecular weight excluding hydrogens is 406 g/mol. The molecule has 1 unspecified atom stereocenters. The van der Waals surface area contributed by atoms with Crippen molar-refractivity contribution in [3.63, 3.8) is 0 Å². The molecule has 29 heavy (non-hydrogen) atoms. The molecule has 0 saturated heterocycles. The first kappa shape index (κ1) is 24.8. The van der Waals surface area contributed by atoms with Crippen molar-refractivity contribution in [3.05, 3.63) is 35.4 Å². The van der Waals surface area contributed by atoms with Gasteiger partial charge in [0.25, 0.3) is 6.17 Å². The molecule has 1 rings (SSSR count). The minimum atomic E-state index is -5.78. The van der Waals surface area contributed by atoms with Crippen molar-refractivity contribution in [1.29, 1.82) is 0 Å². The molecule has 0 aliphatic rings. The Bertz CT molecular complexity index is 658. The summed E-state index contributed by atoms with van der Waals surface area (Å²) < 4.78 is 84.3. The number of hydrogen-bond acceptors (Lipinski definition) is 4. The predicted octanol–water partition coefficient (Wildman–Crippen LogP) is 5.51. The van der Waals surface area contributed by atoms with Gasteiger partial charge in [0.2, 0.25) is 0 Å². The van der Waals surface area contributed by atoms with Crippen molar-refractivity contribution in [2.45, 2.75) is 57.3 Å². The number of alkyl halides is 6. The van der Waals surface area contributed by atoms with E-state index in [4.69, 9.17) is 4.74 Å². The number of carbonyl (C=O) groups excluding carboxylic acids is 2. The van der Waals surface area contributed by atoms with Crippen molar-refractivity contribution in [1.82, 2.24) is 0 Å². The van der Waals surface area contributed by atoms with Crippen molar-refractivity contribution >= 4 is 11.9 Å². The summed E-state index contributed by atoms with van der Waals surface area (Å²) in [6.07, 6.45) is -5.39. The molecule has 1 aromatic carbocycles. The molecule has 1 atom stereocenters. The van der Waals surface area contributed by atoms with Gasteiger partial charge in [-0.15, -0.1) is 0 Å². The normalized spacial score (nSPS) is 13.1. The Hall–Kier alpha value is -2.26. The summed E-state index contributed by atoms with van der Waals surface area (Å²) in [4.78, 5) is 23.5. The van der Waals surface area contributed by atoms with Gasteiger partial charge in [0.05, 0.1) is 17.7 Å². The number of rotatable bonds is 11. The van der Waals surface area contributed by atoms with Crippen LogP contribution in [0.3, 0.4) is 0 Å². The van der Waals surface area contributed by atoms with E-state index in [0.29, 0.717) is 6.42 Å². The molecule has 0 N–H and O–H groups in total. The number of benzene rings is 1. The van der Waals surface area contributed by atoms with Crippen LogP contribution in [-0.2, 0) is 9.47 Å². The van der Waals surface area contributed by atoms with E-state index in [0.717, 1.165) is 37.8 Å². The lowest BCUT2D eigenvalue weighted by molar-refractivity contribution is -0.251. The highest BCUT2D eigenvalue weighted by Gasteiger charge is 2.57. The SMILES string of the molecule is CCCCCCCOC(=O)c1ccc(C(=O)OCC(F)(F)C(F)C(F)(F)F)cc1. The number of hydrogen-bond donors (Lipinski definition) is 0. The van der Waals surface area contributed by atoms with Gasteiger partial charge in [-0.25, -0.2) is 14.0 Å². The summed E-state index contributed by atoms with van der Waals surface area (Å²) in [6, 6.07) is 4.49. The lowest BCUT2D eigenvalue weighted by Gasteiger charge is -2.22. The summed E-state index contributed by atoms with van der Waals surface area (Å²) in [6.45, 7) is 0.227. The van der Waals surface area contributed by atoms with E-state index in [2.05, 4.69) is 11.7 Å². The highest BCUT2D eigenvalue weighted by atomic mass is 19.4. The maximum absolute atomic E-state index is 13.1. The highest BCUT2D eigenvalue weighted by molar-refractivity contribution is 5.93. The molecule has 0 saturated carbocycles. The fourth-order valence-corrected chi connectivity index (χ4v) is 2.25. The highest BCUT2D eigenvalue weighted by Crippen LogP contribution is 2.35. The maximum Gasteiger partial charge on any atom is 0.425 e. The minimum absolute atomic E-state index is 0.0985. The molecule has 1 aromatic rings. The molecule has 0 radical (unpaired) electrons. The van der Waals surface area contributed by atoms with E-state index in [-0.39, 0.29) is 17.7 Å². The van der Waals surface area contributed by atoms with Crippen molar-refractivity contribution in [2.24, 2.45) is 0 Å². The number of ether oxygens (including phenoxy) is 2. The van der Waals surface area contributed by atoms with Gasteiger partial charge >= 0.3 is 24.0 Å². The molecule has 4 nitrogen and oxygen atoms in total. The van der Waals surface area contributed by atoms with Gasteiger partial charge < -0.3 is 9.47 Å². The van der Waals surface area contributed by atoms with Crippen LogP contribution in [0.1, 0.15) is 59.7 Å². The Morgan fingerprint density at radius 3 is 1.83 bits per heavy atom. The Morgan fingerprint density at radius 2 is 1.34 bits per heavy atom.